The van der Waals surface area contributed by atoms with Gasteiger partial charge in [0.15, 0.2) is 0 Å². The second kappa shape index (κ2) is 12.4. The molecule has 41 heavy (non-hydrogen) atoms. The predicted molar refractivity (Wildman–Crippen MR) is 147 cm³/mol. The number of aromatic nitrogens is 2. The van der Waals surface area contributed by atoms with E-state index in [1.54, 1.807) is 49.8 Å². The third-order valence-electron chi connectivity index (χ3n) is 6.57. The van der Waals surface area contributed by atoms with E-state index in [4.69, 9.17) is 4.74 Å². The standard InChI is InChI=1S/C30H28F2N4O5/c1-17-26(34-30(40)41-18(2)23-6-4-5-7-24(23)32)27(35-36(17)3)20-10-12-21(13-11-20)28(37)33-25(29(38)39)16-19-8-14-22(31)15-9-19/h4-15,18,25H,16H2,1-3H3,(H,33,37)(H,34,40)(H,38,39). The van der Waals surface area contributed by atoms with E-state index in [1.165, 1.54) is 48.5 Å². The lowest BCUT2D eigenvalue weighted by molar-refractivity contribution is -0.139. The van der Waals surface area contributed by atoms with Crippen molar-refractivity contribution in [3.8, 4) is 11.3 Å². The summed E-state index contributed by atoms with van der Waals surface area (Å²) in [5.74, 6) is -2.76. The highest BCUT2D eigenvalue weighted by Gasteiger charge is 2.23. The number of hydrogen-bond acceptors (Lipinski definition) is 5. The average molecular weight is 563 g/mol. The number of ether oxygens (including phenoxy) is 1. The predicted octanol–water partition coefficient (Wildman–Crippen LogP) is 5.41. The second-order valence-corrected chi connectivity index (χ2v) is 9.40. The molecule has 9 nitrogen and oxygen atoms in total. The van der Waals surface area contributed by atoms with Gasteiger partial charge in [0.05, 0.1) is 11.4 Å². The molecule has 11 heteroatoms. The SMILES string of the molecule is Cc1c(NC(=O)OC(C)c2ccccc2F)c(-c2ccc(C(=O)NC(Cc3ccc(F)cc3)C(=O)O)cc2)nn1C. The van der Waals surface area contributed by atoms with Gasteiger partial charge in [-0.2, -0.15) is 5.10 Å². The first-order chi connectivity index (χ1) is 19.5. The Morgan fingerprint density at radius 2 is 1.66 bits per heavy atom. The highest BCUT2D eigenvalue weighted by Crippen LogP contribution is 2.31. The molecule has 0 fully saturated rings. The zero-order valence-electron chi connectivity index (χ0n) is 22.5. The van der Waals surface area contributed by atoms with Crippen LogP contribution in [0.15, 0.2) is 72.8 Å². The van der Waals surface area contributed by atoms with Crippen LogP contribution in [0.2, 0.25) is 0 Å². The van der Waals surface area contributed by atoms with E-state index in [9.17, 15) is 28.3 Å². The van der Waals surface area contributed by atoms with Gasteiger partial charge >= 0.3 is 12.1 Å². The molecule has 0 spiro atoms. The minimum Gasteiger partial charge on any atom is -0.480 e. The van der Waals surface area contributed by atoms with E-state index in [-0.39, 0.29) is 17.5 Å². The molecule has 2 amide bonds. The first-order valence-electron chi connectivity index (χ1n) is 12.7. The fraction of sp³-hybridized carbons (Fsp3) is 0.200. The summed E-state index contributed by atoms with van der Waals surface area (Å²) in [4.78, 5) is 37.2. The Morgan fingerprint density at radius 3 is 2.29 bits per heavy atom. The number of amides is 2. The summed E-state index contributed by atoms with van der Waals surface area (Å²) in [7, 11) is 1.70. The molecule has 3 N–H and O–H groups in total. The molecule has 2 unspecified atom stereocenters. The average Bonchev–Trinajstić information content (AvgIpc) is 3.22. The van der Waals surface area contributed by atoms with E-state index < -0.39 is 41.7 Å². The summed E-state index contributed by atoms with van der Waals surface area (Å²) in [6.07, 6.45) is -1.66. The zero-order valence-corrected chi connectivity index (χ0v) is 22.5. The molecule has 0 aliphatic carbocycles. The van der Waals surface area contributed by atoms with Crippen LogP contribution in [0.5, 0.6) is 0 Å². The molecule has 4 rings (SSSR count). The lowest BCUT2D eigenvalue weighted by atomic mass is 10.0. The van der Waals surface area contributed by atoms with Crippen molar-refractivity contribution in [2.24, 2.45) is 7.05 Å². The topological polar surface area (TPSA) is 123 Å². The largest absolute Gasteiger partial charge is 0.480 e. The summed E-state index contributed by atoms with van der Waals surface area (Å²) in [5, 5.41) is 19.2. The van der Waals surface area contributed by atoms with Crippen molar-refractivity contribution in [1.82, 2.24) is 15.1 Å². The molecular formula is C30H28F2N4O5. The quantitative estimate of drug-likeness (QED) is 0.251. The van der Waals surface area contributed by atoms with Crippen molar-refractivity contribution >= 4 is 23.7 Å². The fourth-order valence-electron chi connectivity index (χ4n) is 4.20. The van der Waals surface area contributed by atoms with Crippen LogP contribution in [0.3, 0.4) is 0 Å². The number of aryl methyl sites for hydroxylation is 1. The van der Waals surface area contributed by atoms with Crippen LogP contribution in [-0.4, -0.2) is 38.9 Å². The normalized spacial score (nSPS) is 12.3. The van der Waals surface area contributed by atoms with Crippen LogP contribution in [0.4, 0.5) is 19.3 Å². The molecule has 0 saturated carbocycles. The number of nitrogens with one attached hydrogen (secondary N) is 2. The van der Waals surface area contributed by atoms with Gasteiger partial charge in [-0.05, 0) is 49.7 Å². The minimum absolute atomic E-state index is 0.0205. The van der Waals surface area contributed by atoms with Crippen LogP contribution in [0.1, 0.15) is 40.2 Å². The summed E-state index contributed by atoms with van der Waals surface area (Å²) in [6.45, 7) is 3.31. The first kappa shape index (κ1) is 28.9. The number of aliphatic carboxylic acids is 1. The van der Waals surface area contributed by atoms with Gasteiger partial charge in [-0.3, -0.25) is 14.8 Å². The summed E-state index contributed by atoms with van der Waals surface area (Å²) < 4.78 is 34.2. The number of carboxylic acid groups (broad SMARTS) is 1. The van der Waals surface area contributed by atoms with Gasteiger partial charge in [-0.1, -0.05) is 42.5 Å². The van der Waals surface area contributed by atoms with Crippen molar-refractivity contribution < 1.29 is 33.0 Å². The van der Waals surface area contributed by atoms with Crippen LogP contribution < -0.4 is 10.6 Å². The summed E-state index contributed by atoms with van der Waals surface area (Å²) in [5.41, 5.74) is 2.99. The third-order valence-corrected chi connectivity index (χ3v) is 6.57. The molecule has 0 radical (unpaired) electrons. The molecule has 2 atom stereocenters. The number of benzene rings is 3. The Balaban J connectivity index is 1.47. The van der Waals surface area contributed by atoms with Crippen LogP contribution in [0, 0.1) is 18.6 Å². The number of carbonyl (C=O) groups is 3. The Labute approximate surface area is 234 Å². The van der Waals surface area contributed by atoms with E-state index >= 15 is 0 Å². The van der Waals surface area contributed by atoms with Gasteiger partial charge in [0, 0.05) is 30.2 Å². The maximum absolute atomic E-state index is 14.1. The molecule has 0 saturated heterocycles. The van der Waals surface area contributed by atoms with E-state index in [1.807, 2.05) is 0 Å². The Morgan fingerprint density at radius 1 is 1.00 bits per heavy atom. The monoisotopic (exact) mass is 562 g/mol. The van der Waals surface area contributed by atoms with Gasteiger partial charge in [0.1, 0.15) is 29.5 Å². The number of nitrogens with zero attached hydrogens (tertiary/aromatic N) is 2. The highest BCUT2D eigenvalue weighted by atomic mass is 19.1. The molecular weight excluding hydrogens is 534 g/mol. The molecule has 1 heterocycles. The molecule has 212 valence electrons. The molecule has 0 aliphatic heterocycles. The Bertz CT molecular complexity index is 1570. The van der Waals surface area contributed by atoms with Crippen molar-refractivity contribution in [1.29, 1.82) is 0 Å². The van der Waals surface area contributed by atoms with Gasteiger partial charge < -0.3 is 15.2 Å². The molecule has 4 aromatic rings. The smallest absolute Gasteiger partial charge is 0.412 e. The lowest BCUT2D eigenvalue weighted by Crippen LogP contribution is -2.42. The van der Waals surface area contributed by atoms with Gasteiger partial charge in [-0.15, -0.1) is 0 Å². The molecule has 0 bridgehead atoms. The van der Waals surface area contributed by atoms with Crippen molar-refractivity contribution in [2.45, 2.75) is 32.4 Å². The van der Waals surface area contributed by atoms with Crippen molar-refractivity contribution in [3.05, 3.63) is 107 Å². The first-order valence-corrected chi connectivity index (χ1v) is 12.7. The third kappa shape index (κ3) is 6.93. The Kier molecular flexibility index (Phi) is 8.76. The van der Waals surface area contributed by atoms with Crippen molar-refractivity contribution in [2.75, 3.05) is 5.32 Å². The Hall–Kier alpha value is -5.06. The van der Waals surface area contributed by atoms with Crippen LogP contribution >= 0.6 is 0 Å². The van der Waals surface area contributed by atoms with Gasteiger partial charge in [0.2, 0.25) is 0 Å². The number of rotatable bonds is 9. The summed E-state index contributed by atoms with van der Waals surface area (Å²) >= 11 is 0. The lowest BCUT2D eigenvalue weighted by Gasteiger charge is -2.16. The minimum atomic E-state index is -1.23. The van der Waals surface area contributed by atoms with Gasteiger partial charge in [-0.25, -0.2) is 18.4 Å². The van der Waals surface area contributed by atoms with Crippen LogP contribution in [0.25, 0.3) is 11.3 Å². The highest BCUT2D eigenvalue weighted by molar-refractivity contribution is 5.97. The van der Waals surface area contributed by atoms with Gasteiger partial charge in [0.25, 0.3) is 5.91 Å². The van der Waals surface area contributed by atoms with E-state index in [2.05, 4.69) is 15.7 Å². The number of hydrogen-bond donors (Lipinski definition) is 3. The number of carbonyl (C=O) groups excluding carboxylic acids is 2. The van der Waals surface area contributed by atoms with Crippen molar-refractivity contribution in [3.63, 3.8) is 0 Å². The number of carboxylic acids is 1. The number of anilines is 1. The zero-order chi connectivity index (χ0) is 29.7. The molecule has 0 aliphatic rings. The maximum Gasteiger partial charge on any atom is 0.412 e. The van der Waals surface area contributed by atoms with E-state index in [0.717, 1.165) is 0 Å². The fourth-order valence-corrected chi connectivity index (χ4v) is 4.20. The molecule has 3 aromatic carbocycles. The van der Waals surface area contributed by atoms with E-state index in [0.29, 0.717) is 28.2 Å². The second-order valence-electron chi connectivity index (χ2n) is 9.40. The maximum atomic E-state index is 14.1. The number of halogens is 2. The molecule has 1 aromatic heterocycles. The summed E-state index contributed by atoms with van der Waals surface area (Å²) in [6, 6.07) is 16.4. The van der Waals surface area contributed by atoms with Crippen LogP contribution in [-0.2, 0) is 23.0 Å².